The van der Waals surface area contributed by atoms with Crippen LogP contribution in [0.25, 0.3) is 0 Å². The van der Waals surface area contributed by atoms with Crippen molar-refractivity contribution in [2.75, 3.05) is 13.2 Å². The lowest BCUT2D eigenvalue weighted by Gasteiger charge is -2.15. The van der Waals surface area contributed by atoms with Gasteiger partial charge in [-0.25, -0.2) is 0 Å². The van der Waals surface area contributed by atoms with E-state index in [1.54, 1.807) is 0 Å². The zero-order valence-electron chi connectivity index (χ0n) is 58.0. The van der Waals surface area contributed by atoms with Crippen LogP contribution in [0.5, 0.6) is 0 Å². The highest BCUT2D eigenvalue weighted by molar-refractivity contribution is 5.70. The zero-order chi connectivity index (χ0) is 63.3. The summed E-state index contributed by atoms with van der Waals surface area (Å²) in [5.41, 5.74) is 0. The predicted molar refractivity (Wildman–Crippen MR) is 389 cm³/mol. The summed E-state index contributed by atoms with van der Waals surface area (Å²) in [6.45, 7) is 3.95. The summed E-state index contributed by atoms with van der Waals surface area (Å²) >= 11 is 0. The van der Waals surface area contributed by atoms with Gasteiger partial charge >= 0.3 is 11.9 Å². The molecule has 0 aliphatic rings. The molecule has 0 aliphatic heterocycles. The summed E-state index contributed by atoms with van der Waals surface area (Å²) in [4.78, 5) is 24.7. The Morgan fingerprint density at radius 3 is 0.682 bits per heavy atom. The molecule has 0 heterocycles. The van der Waals surface area contributed by atoms with Crippen molar-refractivity contribution in [2.24, 2.45) is 0 Å². The van der Waals surface area contributed by atoms with Gasteiger partial charge in [0.1, 0.15) is 6.61 Å². The van der Waals surface area contributed by atoms with Gasteiger partial charge in [-0.2, -0.15) is 0 Å². The lowest BCUT2D eigenvalue weighted by atomic mass is 10.0. The molecular weight excluding hydrogens is 1080 g/mol. The second kappa shape index (κ2) is 77.3. The zero-order valence-corrected chi connectivity index (χ0v) is 58.0. The number of hydrogen-bond donors (Lipinski definition) is 1. The number of rotatable bonds is 69. The molecule has 5 nitrogen and oxygen atoms in total. The van der Waals surface area contributed by atoms with Crippen molar-refractivity contribution in [3.63, 3.8) is 0 Å². The molecule has 0 radical (unpaired) electrons. The van der Waals surface area contributed by atoms with Crippen molar-refractivity contribution in [2.45, 2.75) is 367 Å². The molecule has 0 aliphatic carbocycles. The van der Waals surface area contributed by atoms with Gasteiger partial charge in [-0.05, 0) is 109 Å². The van der Waals surface area contributed by atoms with Crippen LogP contribution in [0.15, 0.2) is 134 Å². The van der Waals surface area contributed by atoms with Crippen LogP contribution in [-0.2, 0) is 19.1 Å². The molecular formula is C83H142O5. The van der Waals surface area contributed by atoms with Gasteiger partial charge in [0.2, 0.25) is 0 Å². The van der Waals surface area contributed by atoms with Gasteiger partial charge in [-0.3, -0.25) is 9.59 Å². The Bertz CT molecular complexity index is 1770. The predicted octanol–water partition coefficient (Wildman–Crippen LogP) is 26.7. The Balaban J connectivity index is 3.43. The van der Waals surface area contributed by atoms with E-state index in [9.17, 15) is 14.7 Å². The van der Waals surface area contributed by atoms with Crippen LogP contribution in [0.4, 0.5) is 0 Å². The number of unbranched alkanes of at least 4 members (excludes halogenated alkanes) is 39. The van der Waals surface area contributed by atoms with Crippen molar-refractivity contribution < 1.29 is 24.2 Å². The first-order valence-corrected chi connectivity index (χ1v) is 37.7. The fourth-order valence-electron chi connectivity index (χ4n) is 10.9. The molecule has 88 heavy (non-hydrogen) atoms. The molecule has 0 aromatic carbocycles. The van der Waals surface area contributed by atoms with Crippen LogP contribution in [-0.4, -0.2) is 36.4 Å². The van der Waals surface area contributed by atoms with E-state index in [0.29, 0.717) is 12.8 Å². The minimum absolute atomic E-state index is 0.0658. The number of aliphatic hydroxyl groups is 1. The monoisotopic (exact) mass is 1220 g/mol. The summed E-state index contributed by atoms with van der Waals surface area (Å²) in [6, 6.07) is 0. The molecule has 1 atom stereocenters. The molecule has 1 unspecified atom stereocenters. The minimum atomic E-state index is -0.777. The number of carbonyl (C=O) groups is 2. The van der Waals surface area contributed by atoms with Crippen LogP contribution in [0, 0.1) is 0 Å². The largest absolute Gasteiger partial charge is 0.462 e. The number of ether oxygens (including phenoxy) is 2. The quantitative estimate of drug-likeness (QED) is 0.0373. The van der Waals surface area contributed by atoms with E-state index in [1.165, 1.54) is 225 Å². The lowest BCUT2D eigenvalue weighted by Crippen LogP contribution is -2.28. The topological polar surface area (TPSA) is 72.8 Å². The first kappa shape index (κ1) is 84.0. The van der Waals surface area contributed by atoms with Gasteiger partial charge in [-0.15, -0.1) is 0 Å². The Kier molecular flexibility index (Phi) is 73.8. The normalized spacial score (nSPS) is 13.0. The first-order valence-electron chi connectivity index (χ1n) is 37.7. The third-order valence-electron chi connectivity index (χ3n) is 16.4. The highest BCUT2D eigenvalue weighted by Crippen LogP contribution is 2.18. The second-order valence-corrected chi connectivity index (χ2v) is 25.0. The van der Waals surface area contributed by atoms with Crippen LogP contribution in [0.2, 0.25) is 0 Å². The van der Waals surface area contributed by atoms with Crippen molar-refractivity contribution in [1.82, 2.24) is 0 Å². The van der Waals surface area contributed by atoms with Crippen molar-refractivity contribution >= 4 is 11.9 Å². The summed E-state index contributed by atoms with van der Waals surface area (Å²) in [7, 11) is 0. The van der Waals surface area contributed by atoms with Crippen LogP contribution < -0.4 is 0 Å². The molecule has 0 saturated carbocycles. The third kappa shape index (κ3) is 74.5. The van der Waals surface area contributed by atoms with Gasteiger partial charge < -0.3 is 14.6 Å². The molecule has 0 saturated heterocycles. The number of hydrogen-bond acceptors (Lipinski definition) is 5. The van der Waals surface area contributed by atoms with Crippen LogP contribution in [0.3, 0.4) is 0 Å². The minimum Gasteiger partial charge on any atom is -0.462 e. The molecule has 0 amide bonds. The van der Waals surface area contributed by atoms with E-state index in [2.05, 4.69) is 148 Å². The number of esters is 2. The average Bonchev–Trinajstić information content (AvgIpc) is 3.56. The lowest BCUT2D eigenvalue weighted by molar-refractivity contribution is -0.161. The van der Waals surface area contributed by atoms with Crippen molar-refractivity contribution in [1.29, 1.82) is 0 Å². The maximum absolute atomic E-state index is 12.4. The first-order chi connectivity index (χ1) is 43.6. The Morgan fingerprint density at radius 1 is 0.261 bits per heavy atom. The summed E-state index contributed by atoms with van der Waals surface area (Å²) < 4.78 is 10.8. The highest BCUT2D eigenvalue weighted by Gasteiger charge is 2.16. The fourth-order valence-corrected chi connectivity index (χ4v) is 10.9. The van der Waals surface area contributed by atoms with Gasteiger partial charge in [0.15, 0.2) is 6.10 Å². The van der Waals surface area contributed by atoms with Crippen LogP contribution in [0.1, 0.15) is 361 Å². The maximum atomic E-state index is 12.4. The van der Waals surface area contributed by atoms with Crippen molar-refractivity contribution in [3.8, 4) is 0 Å². The van der Waals surface area contributed by atoms with Gasteiger partial charge in [-0.1, -0.05) is 372 Å². The number of allylic oxidation sites excluding steroid dienone is 22. The van der Waals surface area contributed by atoms with E-state index in [-0.39, 0.29) is 25.2 Å². The van der Waals surface area contributed by atoms with Gasteiger partial charge in [0.25, 0.3) is 0 Å². The average molecular weight is 1220 g/mol. The number of aliphatic hydroxyl groups excluding tert-OH is 1. The molecule has 0 rings (SSSR count). The SMILES string of the molecule is CC/C=C\C/C=C\C/C=C\C/C=C\C/C=C\C/C=C\CCCCCCCCCCCCCCCCCCCCCCCCC(=O)OC(CO)COC(=O)CCCCCCCCCCCCCCCCCCC/C=C\C/C=C\C/C=C\C/C=C\C/C=C\CC. The van der Waals surface area contributed by atoms with Gasteiger partial charge in [0.05, 0.1) is 6.61 Å². The second-order valence-electron chi connectivity index (χ2n) is 25.0. The molecule has 0 bridgehead atoms. The standard InChI is InChI=1S/C83H142O5/c1-3-5-7-9-11-13-15-17-19-21-23-25-27-29-31-33-35-37-38-39-40-41-42-43-44-46-48-50-52-54-56-58-60-62-64-66-68-70-72-74-76-78-83(86)88-81(79-84)80-87-82(85)77-75-73-71-69-67-65-63-61-59-57-55-53-51-49-47-45-36-34-32-30-28-26-24-22-20-18-16-14-12-10-8-6-4-2/h5-8,11-14,17-20,23-26,29-32,35,37,81,84H,3-4,9-10,15-16,21-22,27-28,33-34,36,38-80H2,1-2H3/b7-5-,8-6-,13-11-,14-12-,19-17-,20-18-,25-23-,26-24-,31-29-,32-30-,37-35-. The molecule has 504 valence electrons. The van der Waals surface area contributed by atoms with E-state index in [0.717, 1.165) is 109 Å². The van der Waals surface area contributed by atoms with E-state index < -0.39 is 6.10 Å². The summed E-state index contributed by atoms with van der Waals surface area (Å²) in [5.74, 6) is -0.577. The maximum Gasteiger partial charge on any atom is 0.306 e. The summed E-state index contributed by atoms with van der Waals surface area (Å²) in [5, 5.41) is 9.72. The fraction of sp³-hybridized carbons (Fsp3) is 0.711. The van der Waals surface area contributed by atoms with Gasteiger partial charge in [0, 0.05) is 12.8 Å². The van der Waals surface area contributed by atoms with E-state index >= 15 is 0 Å². The molecule has 0 spiro atoms. The third-order valence-corrected chi connectivity index (χ3v) is 16.4. The van der Waals surface area contributed by atoms with Crippen LogP contribution >= 0.6 is 0 Å². The molecule has 0 aromatic heterocycles. The smallest absolute Gasteiger partial charge is 0.306 e. The van der Waals surface area contributed by atoms with E-state index in [1.807, 2.05) is 0 Å². The molecule has 0 aromatic rings. The Labute approximate surface area is 546 Å². The summed E-state index contributed by atoms with van der Waals surface area (Å²) in [6.07, 6.45) is 115. The van der Waals surface area contributed by atoms with Crippen molar-refractivity contribution in [3.05, 3.63) is 134 Å². The van der Waals surface area contributed by atoms with E-state index in [4.69, 9.17) is 9.47 Å². The molecule has 1 N–H and O–H groups in total. The molecule has 5 heteroatoms. The Morgan fingerprint density at radius 2 is 0.455 bits per heavy atom. The number of carbonyl (C=O) groups excluding carboxylic acids is 2. The highest BCUT2D eigenvalue weighted by atomic mass is 16.6. The Hall–Kier alpha value is -3.96. The molecule has 0 fully saturated rings.